The van der Waals surface area contributed by atoms with Crippen LogP contribution in [0.4, 0.5) is 14.5 Å². The van der Waals surface area contributed by atoms with Gasteiger partial charge in [0, 0.05) is 19.2 Å². The third kappa shape index (κ3) is 2.70. The molecule has 0 unspecified atom stereocenters. The first kappa shape index (κ1) is 14.6. The van der Waals surface area contributed by atoms with Gasteiger partial charge in [-0.1, -0.05) is 13.8 Å². The molecule has 1 aromatic rings. The van der Waals surface area contributed by atoms with Crippen LogP contribution in [0.15, 0.2) is 12.1 Å². The highest BCUT2D eigenvalue weighted by Gasteiger charge is 2.36. The Hall–Kier alpha value is -1.82. The number of anilines is 1. The minimum absolute atomic E-state index is 0.0993. The molecule has 1 aromatic carbocycles. The van der Waals surface area contributed by atoms with Crippen LogP contribution in [0.3, 0.4) is 0 Å². The standard InChI is InChI=1S/C14H15F2NO3/c1-8(2)7-20-4-3-17-12-6-11(16)10(15)5-9(12)13(18)14(17)19/h5-6,8H,3-4,7H2,1-2H3. The topological polar surface area (TPSA) is 46.6 Å². The number of halogens is 2. The zero-order chi connectivity index (χ0) is 14.9. The highest BCUT2D eigenvalue weighted by molar-refractivity contribution is 6.52. The molecule has 0 saturated heterocycles. The number of carbonyl (C=O) groups excluding carboxylic acids is 2. The molecule has 20 heavy (non-hydrogen) atoms. The lowest BCUT2D eigenvalue weighted by molar-refractivity contribution is -0.114. The van der Waals surface area contributed by atoms with Crippen molar-refractivity contribution in [1.29, 1.82) is 0 Å². The molecule has 1 amide bonds. The fraction of sp³-hybridized carbons (Fsp3) is 0.429. The van der Waals surface area contributed by atoms with Crippen LogP contribution < -0.4 is 4.90 Å². The van der Waals surface area contributed by atoms with E-state index in [1.54, 1.807) is 0 Å². The van der Waals surface area contributed by atoms with E-state index in [2.05, 4.69) is 0 Å². The number of rotatable bonds is 5. The predicted molar refractivity (Wildman–Crippen MR) is 68.7 cm³/mol. The summed E-state index contributed by atoms with van der Waals surface area (Å²) < 4.78 is 31.7. The van der Waals surface area contributed by atoms with Gasteiger partial charge in [-0.2, -0.15) is 0 Å². The van der Waals surface area contributed by atoms with E-state index in [1.165, 1.54) is 0 Å². The maximum absolute atomic E-state index is 13.2. The van der Waals surface area contributed by atoms with Crippen molar-refractivity contribution < 1.29 is 23.1 Å². The van der Waals surface area contributed by atoms with Crippen LogP contribution in [0.5, 0.6) is 0 Å². The monoisotopic (exact) mass is 283 g/mol. The predicted octanol–water partition coefficient (Wildman–Crippen LogP) is 2.17. The number of Topliss-reactive ketones (excluding diaryl/α,β-unsaturated/α-hetero) is 1. The SMILES string of the molecule is CC(C)COCCN1C(=O)C(=O)c2cc(F)c(F)cc21. The lowest BCUT2D eigenvalue weighted by atomic mass is 10.1. The molecular formula is C14H15F2NO3. The van der Waals surface area contributed by atoms with Gasteiger partial charge in [-0.15, -0.1) is 0 Å². The number of hydrogen-bond acceptors (Lipinski definition) is 3. The van der Waals surface area contributed by atoms with Crippen LogP contribution in [0.25, 0.3) is 0 Å². The second-order valence-electron chi connectivity index (χ2n) is 5.04. The van der Waals surface area contributed by atoms with Crippen molar-refractivity contribution in [2.75, 3.05) is 24.7 Å². The average molecular weight is 283 g/mol. The van der Waals surface area contributed by atoms with Crippen molar-refractivity contribution in [2.24, 2.45) is 5.92 Å². The van der Waals surface area contributed by atoms with Gasteiger partial charge in [0.05, 0.1) is 17.9 Å². The number of ketones is 1. The average Bonchev–Trinajstić information content (AvgIpc) is 2.60. The van der Waals surface area contributed by atoms with E-state index in [-0.39, 0.29) is 24.4 Å². The molecule has 2 rings (SSSR count). The van der Waals surface area contributed by atoms with Crippen LogP contribution in [0.1, 0.15) is 24.2 Å². The van der Waals surface area contributed by atoms with Crippen LogP contribution in [0.2, 0.25) is 0 Å². The molecule has 0 atom stereocenters. The van der Waals surface area contributed by atoms with E-state index in [4.69, 9.17) is 4.74 Å². The summed E-state index contributed by atoms with van der Waals surface area (Å²) in [6.45, 7) is 4.86. The molecule has 0 N–H and O–H groups in total. The van der Waals surface area contributed by atoms with Crippen molar-refractivity contribution in [2.45, 2.75) is 13.8 Å². The van der Waals surface area contributed by atoms with E-state index in [0.29, 0.717) is 12.5 Å². The van der Waals surface area contributed by atoms with E-state index in [1.807, 2.05) is 13.8 Å². The second-order valence-corrected chi connectivity index (χ2v) is 5.04. The first-order chi connectivity index (χ1) is 9.41. The molecule has 0 aliphatic carbocycles. The van der Waals surface area contributed by atoms with Gasteiger partial charge < -0.3 is 9.64 Å². The van der Waals surface area contributed by atoms with Gasteiger partial charge >= 0.3 is 0 Å². The first-order valence-corrected chi connectivity index (χ1v) is 6.34. The number of benzene rings is 1. The van der Waals surface area contributed by atoms with Crippen molar-refractivity contribution in [1.82, 2.24) is 0 Å². The summed E-state index contributed by atoms with van der Waals surface area (Å²) >= 11 is 0. The zero-order valence-corrected chi connectivity index (χ0v) is 11.3. The number of nitrogens with zero attached hydrogens (tertiary/aromatic N) is 1. The Morgan fingerprint density at radius 2 is 1.85 bits per heavy atom. The molecule has 1 aliphatic rings. The van der Waals surface area contributed by atoms with Crippen LogP contribution in [-0.4, -0.2) is 31.4 Å². The lowest BCUT2D eigenvalue weighted by Gasteiger charge is -2.17. The first-order valence-electron chi connectivity index (χ1n) is 6.34. The summed E-state index contributed by atoms with van der Waals surface area (Å²) in [5, 5.41) is 0. The van der Waals surface area contributed by atoms with Crippen molar-refractivity contribution in [3.63, 3.8) is 0 Å². The molecule has 6 heteroatoms. The maximum atomic E-state index is 13.2. The fourth-order valence-electron chi connectivity index (χ4n) is 1.99. The number of carbonyl (C=O) groups is 2. The van der Waals surface area contributed by atoms with E-state index in [0.717, 1.165) is 17.0 Å². The number of ether oxygens (including phenoxy) is 1. The molecule has 0 spiro atoms. The van der Waals surface area contributed by atoms with Gasteiger partial charge in [0.15, 0.2) is 11.6 Å². The zero-order valence-electron chi connectivity index (χ0n) is 11.3. The molecule has 1 heterocycles. The third-order valence-corrected chi connectivity index (χ3v) is 2.92. The minimum atomic E-state index is -1.14. The molecule has 1 aliphatic heterocycles. The van der Waals surface area contributed by atoms with Gasteiger partial charge in [-0.05, 0) is 12.0 Å². The van der Waals surface area contributed by atoms with Gasteiger partial charge in [0.25, 0.3) is 11.7 Å². The fourth-order valence-corrected chi connectivity index (χ4v) is 1.99. The third-order valence-electron chi connectivity index (χ3n) is 2.92. The highest BCUT2D eigenvalue weighted by Crippen LogP contribution is 2.30. The molecule has 0 fully saturated rings. The summed E-state index contributed by atoms with van der Waals surface area (Å²) in [5.74, 6) is -3.46. The largest absolute Gasteiger partial charge is 0.379 e. The highest BCUT2D eigenvalue weighted by atomic mass is 19.2. The molecular weight excluding hydrogens is 268 g/mol. The van der Waals surface area contributed by atoms with Gasteiger partial charge in [-0.3, -0.25) is 9.59 Å². The van der Waals surface area contributed by atoms with Crippen LogP contribution in [-0.2, 0) is 9.53 Å². The molecule has 108 valence electrons. The van der Waals surface area contributed by atoms with E-state index < -0.39 is 23.3 Å². The number of hydrogen-bond donors (Lipinski definition) is 0. The lowest BCUT2D eigenvalue weighted by Crippen LogP contribution is -2.33. The summed E-state index contributed by atoms with van der Waals surface area (Å²) in [5.41, 5.74) is 0.00445. The Morgan fingerprint density at radius 3 is 2.50 bits per heavy atom. The van der Waals surface area contributed by atoms with Crippen LogP contribution in [0, 0.1) is 17.6 Å². The van der Waals surface area contributed by atoms with Gasteiger partial charge in [-0.25, -0.2) is 8.78 Å². The quantitative estimate of drug-likeness (QED) is 0.614. The summed E-state index contributed by atoms with van der Waals surface area (Å²) in [7, 11) is 0. The Bertz CT molecular complexity index is 558. The molecule has 0 saturated carbocycles. The summed E-state index contributed by atoms with van der Waals surface area (Å²) in [6, 6.07) is 1.63. The Kier molecular flexibility index (Phi) is 4.13. The van der Waals surface area contributed by atoms with E-state index >= 15 is 0 Å². The molecule has 0 aromatic heterocycles. The maximum Gasteiger partial charge on any atom is 0.299 e. The molecule has 0 radical (unpaired) electrons. The number of fused-ring (bicyclic) bond motifs is 1. The van der Waals surface area contributed by atoms with Gasteiger partial charge in [0.1, 0.15) is 0 Å². The minimum Gasteiger partial charge on any atom is -0.379 e. The van der Waals surface area contributed by atoms with Gasteiger partial charge in [0.2, 0.25) is 0 Å². The normalized spacial score (nSPS) is 14.3. The smallest absolute Gasteiger partial charge is 0.299 e. The van der Waals surface area contributed by atoms with Crippen LogP contribution >= 0.6 is 0 Å². The Morgan fingerprint density at radius 1 is 1.20 bits per heavy atom. The van der Waals surface area contributed by atoms with Crippen molar-refractivity contribution in [3.05, 3.63) is 29.3 Å². The Labute approximate surface area is 115 Å². The second kappa shape index (κ2) is 5.66. The summed E-state index contributed by atoms with van der Waals surface area (Å²) in [6.07, 6.45) is 0. The number of amides is 1. The van der Waals surface area contributed by atoms with E-state index in [9.17, 15) is 18.4 Å². The molecule has 4 nitrogen and oxygen atoms in total. The van der Waals surface area contributed by atoms with Crippen molar-refractivity contribution >= 4 is 17.4 Å². The van der Waals surface area contributed by atoms with Crippen molar-refractivity contribution in [3.8, 4) is 0 Å². The Balaban J connectivity index is 2.14. The molecule has 0 bridgehead atoms. The summed E-state index contributed by atoms with van der Waals surface area (Å²) in [4.78, 5) is 24.6.